The topological polar surface area (TPSA) is 57.5 Å². The van der Waals surface area contributed by atoms with E-state index in [1.165, 1.54) is 12.8 Å². The SMILES string of the molecule is CO[C@]1(C)OOC2(CC[C@H]3C[C@@H]2C3(C)C)C[C@H]1CNCCCn1ccnc1. The predicted molar refractivity (Wildman–Crippen MR) is 103 cm³/mol. The van der Waals surface area contributed by atoms with Crippen molar-refractivity contribution in [3.63, 3.8) is 0 Å². The molecule has 1 aliphatic heterocycles. The first-order chi connectivity index (χ1) is 12.9. The number of aromatic nitrogens is 2. The molecule has 5 atom stereocenters. The van der Waals surface area contributed by atoms with E-state index in [1.807, 2.05) is 25.6 Å². The molecule has 2 heterocycles. The Kier molecular flexibility index (Phi) is 5.12. The Bertz CT molecular complexity index is 633. The van der Waals surface area contributed by atoms with E-state index < -0.39 is 5.79 Å². The highest BCUT2D eigenvalue weighted by molar-refractivity contribution is 5.12. The molecule has 3 aliphatic carbocycles. The van der Waals surface area contributed by atoms with E-state index in [9.17, 15) is 0 Å². The lowest BCUT2D eigenvalue weighted by atomic mass is 9.43. The average Bonchev–Trinajstić information content (AvgIpc) is 3.18. The van der Waals surface area contributed by atoms with Crippen molar-refractivity contribution >= 4 is 0 Å². The van der Waals surface area contributed by atoms with Gasteiger partial charge in [0.05, 0.1) is 6.33 Å². The van der Waals surface area contributed by atoms with Crippen LogP contribution >= 0.6 is 0 Å². The van der Waals surface area contributed by atoms with E-state index in [1.54, 1.807) is 7.11 Å². The summed E-state index contributed by atoms with van der Waals surface area (Å²) in [4.78, 5) is 16.2. The minimum atomic E-state index is -0.687. The van der Waals surface area contributed by atoms with Crippen molar-refractivity contribution in [2.75, 3.05) is 20.2 Å². The van der Waals surface area contributed by atoms with E-state index in [4.69, 9.17) is 14.5 Å². The van der Waals surface area contributed by atoms with Gasteiger partial charge in [-0.15, -0.1) is 0 Å². The van der Waals surface area contributed by atoms with Crippen LogP contribution in [0.15, 0.2) is 18.7 Å². The highest BCUT2D eigenvalue weighted by Crippen LogP contribution is 2.66. The summed E-state index contributed by atoms with van der Waals surface area (Å²) < 4.78 is 7.86. The fourth-order valence-electron chi connectivity index (χ4n) is 5.75. The summed E-state index contributed by atoms with van der Waals surface area (Å²) in [6.07, 6.45) is 11.4. The van der Waals surface area contributed by atoms with Crippen molar-refractivity contribution in [1.82, 2.24) is 14.9 Å². The average molecular weight is 378 g/mol. The molecule has 1 unspecified atom stereocenters. The van der Waals surface area contributed by atoms with E-state index in [-0.39, 0.29) is 11.5 Å². The molecule has 152 valence electrons. The third-order valence-corrected chi connectivity index (χ3v) is 7.85. The molecular formula is C21H35N3O3. The van der Waals surface area contributed by atoms with Gasteiger partial charge in [-0.3, -0.25) is 0 Å². The minimum Gasteiger partial charge on any atom is -0.351 e. The Morgan fingerprint density at radius 2 is 2.15 bits per heavy atom. The second kappa shape index (κ2) is 7.14. The standard InChI is InChI=1S/C21H35N3O3/c1-19(2)16-6-7-21(18(19)12-16)13-17(20(3,25-4)26-27-21)14-22-8-5-10-24-11-9-23-15-24/h9,11,15-18,22H,5-8,10,12-14H2,1-4H3/t16-,17-,18+,20+,21?/m0/s1. The van der Waals surface area contributed by atoms with Gasteiger partial charge in [-0.1, -0.05) is 13.8 Å². The number of hydrogen-bond donors (Lipinski definition) is 1. The number of aryl methyl sites for hydroxylation is 1. The summed E-state index contributed by atoms with van der Waals surface area (Å²) in [5.74, 6) is 1.03. The fourth-order valence-corrected chi connectivity index (χ4v) is 5.75. The monoisotopic (exact) mass is 377 g/mol. The predicted octanol–water partition coefficient (Wildman–Crippen LogP) is 3.39. The van der Waals surface area contributed by atoms with Gasteiger partial charge in [-0.2, -0.15) is 0 Å². The van der Waals surface area contributed by atoms with Crippen LogP contribution in [0.2, 0.25) is 0 Å². The highest BCUT2D eigenvalue weighted by atomic mass is 17.2. The molecule has 4 aliphatic rings. The van der Waals surface area contributed by atoms with Gasteiger partial charge in [-0.05, 0) is 62.8 Å². The van der Waals surface area contributed by atoms with Gasteiger partial charge < -0.3 is 14.6 Å². The Morgan fingerprint density at radius 1 is 1.30 bits per heavy atom. The number of fused-ring (bicyclic) bond motifs is 1. The van der Waals surface area contributed by atoms with Gasteiger partial charge >= 0.3 is 0 Å². The molecule has 0 radical (unpaired) electrons. The maximum absolute atomic E-state index is 6.14. The molecule has 1 aromatic heterocycles. The lowest BCUT2D eigenvalue weighted by molar-refractivity contribution is -0.519. The number of hydrogen-bond acceptors (Lipinski definition) is 5. The Hall–Kier alpha value is -0.950. The molecule has 6 nitrogen and oxygen atoms in total. The molecule has 0 aromatic carbocycles. The lowest BCUT2D eigenvalue weighted by Crippen LogP contribution is -2.67. The molecule has 2 bridgehead atoms. The van der Waals surface area contributed by atoms with Gasteiger partial charge in [-0.25, -0.2) is 14.8 Å². The number of nitrogens with zero attached hydrogens (tertiary/aromatic N) is 2. The van der Waals surface area contributed by atoms with Crippen LogP contribution in [0.5, 0.6) is 0 Å². The summed E-state index contributed by atoms with van der Waals surface area (Å²) in [5, 5.41) is 3.63. The van der Waals surface area contributed by atoms with E-state index in [0.29, 0.717) is 11.3 Å². The number of rotatable bonds is 7. The van der Waals surface area contributed by atoms with Crippen molar-refractivity contribution in [1.29, 1.82) is 0 Å². The third kappa shape index (κ3) is 3.35. The van der Waals surface area contributed by atoms with Crippen molar-refractivity contribution in [3.8, 4) is 0 Å². The van der Waals surface area contributed by atoms with Crippen LogP contribution in [0.4, 0.5) is 0 Å². The second-order valence-corrected chi connectivity index (χ2v) is 9.56. The van der Waals surface area contributed by atoms with Crippen molar-refractivity contribution in [2.24, 2.45) is 23.2 Å². The molecule has 5 rings (SSSR count). The van der Waals surface area contributed by atoms with Crippen LogP contribution in [0.1, 0.15) is 52.9 Å². The molecule has 4 fully saturated rings. The zero-order valence-electron chi connectivity index (χ0n) is 17.2. The van der Waals surface area contributed by atoms with Crippen LogP contribution in [0, 0.1) is 23.2 Å². The van der Waals surface area contributed by atoms with Crippen molar-refractivity contribution < 1.29 is 14.5 Å². The van der Waals surface area contributed by atoms with Crippen LogP contribution in [0.25, 0.3) is 0 Å². The summed E-state index contributed by atoms with van der Waals surface area (Å²) in [6.45, 7) is 9.66. The van der Waals surface area contributed by atoms with E-state index >= 15 is 0 Å². The van der Waals surface area contributed by atoms with Gasteiger partial charge in [0.1, 0.15) is 5.60 Å². The molecular weight excluding hydrogens is 342 g/mol. The molecule has 27 heavy (non-hydrogen) atoms. The lowest BCUT2D eigenvalue weighted by Gasteiger charge is -2.66. The molecule has 1 saturated heterocycles. The first-order valence-electron chi connectivity index (χ1n) is 10.5. The fraction of sp³-hybridized carbons (Fsp3) is 0.857. The summed E-state index contributed by atoms with van der Waals surface area (Å²) in [6, 6.07) is 0. The Balaban J connectivity index is 1.35. The van der Waals surface area contributed by atoms with Gasteiger partial charge in [0, 0.05) is 38.5 Å². The smallest absolute Gasteiger partial charge is 0.202 e. The van der Waals surface area contributed by atoms with Gasteiger partial charge in [0.2, 0.25) is 5.79 Å². The molecule has 3 saturated carbocycles. The molecule has 1 aromatic rings. The molecule has 1 N–H and O–H groups in total. The van der Waals surface area contributed by atoms with Crippen molar-refractivity contribution in [2.45, 2.75) is 70.8 Å². The maximum Gasteiger partial charge on any atom is 0.202 e. The normalized spacial score (nSPS) is 40.1. The highest BCUT2D eigenvalue weighted by Gasteiger charge is 2.65. The largest absolute Gasteiger partial charge is 0.351 e. The number of imidazole rings is 1. The second-order valence-electron chi connectivity index (χ2n) is 9.56. The summed E-state index contributed by atoms with van der Waals surface area (Å²) in [5.41, 5.74) is 0.227. The van der Waals surface area contributed by atoms with Crippen LogP contribution in [0.3, 0.4) is 0 Å². The first kappa shape index (κ1) is 19.4. The zero-order valence-corrected chi connectivity index (χ0v) is 17.2. The first-order valence-corrected chi connectivity index (χ1v) is 10.5. The number of methoxy groups -OCH3 is 1. The molecule has 1 spiro atoms. The number of nitrogens with one attached hydrogen (secondary N) is 1. The zero-order chi connectivity index (χ0) is 19.1. The maximum atomic E-state index is 6.14. The van der Waals surface area contributed by atoms with Gasteiger partial charge in [0.25, 0.3) is 0 Å². The summed E-state index contributed by atoms with van der Waals surface area (Å²) >= 11 is 0. The molecule has 0 amide bonds. The Morgan fingerprint density at radius 3 is 2.81 bits per heavy atom. The van der Waals surface area contributed by atoms with Crippen molar-refractivity contribution in [3.05, 3.63) is 18.7 Å². The molecule has 6 heteroatoms. The number of ether oxygens (including phenoxy) is 1. The third-order valence-electron chi connectivity index (χ3n) is 7.85. The quantitative estimate of drug-likeness (QED) is 0.583. The van der Waals surface area contributed by atoms with E-state index in [0.717, 1.165) is 44.8 Å². The Labute approximate surface area is 162 Å². The minimum absolute atomic E-state index is 0.139. The van der Waals surface area contributed by atoms with Crippen LogP contribution in [-0.4, -0.2) is 41.1 Å². The van der Waals surface area contributed by atoms with Gasteiger partial charge in [0.15, 0.2) is 0 Å². The van der Waals surface area contributed by atoms with Crippen LogP contribution in [-0.2, 0) is 21.1 Å². The summed E-state index contributed by atoms with van der Waals surface area (Å²) in [7, 11) is 1.72. The van der Waals surface area contributed by atoms with Crippen LogP contribution < -0.4 is 5.32 Å². The van der Waals surface area contributed by atoms with E-state index in [2.05, 4.69) is 28.7 Å².